The Labute approximate surface area is 110 Å². The summed E-state index contributed by atoms with van der Waals surface area (Å²) in [6.45, 7) is 6.66. The minimum absolute atomic E-state index is 0.324. The zero-order chi connectivity index (χ0) is 13.7. The van der Waals surface area contributed by atoms with Crippen LogP contribution < -0.4 is 10.5 Å². The van der Waals surface area contributed by atoms with Crippen molar-refractivity contribution in [1.82, 2.24) is 0 Å². The maximum absolute atomic E-state index is 9.73. The van der Waals surface area contributed by atoms with Crippen LogP contribution in [-0.2, 0) is 0 Å². The lowest BCUT2D eigenvalue weighted by molar-refractivity contribution is 0.162. The maximum atomic E-state index is 9.73. The van der Waals surface area contributed by atoms with E-state index in [2.05, 4.69) is 26.8 Å². The van der Waals surface area contributed by atoms with Crippen LogP contribution in [0, 0.1) is 13.8 Å². The Morgan fingerprint density at radius 2 is 1.94 bits per heavy atom. The number of aliphatic hydroxyl groups is 1. The van der Waals surface area contributed by atoms with Crippen molar-refractivity contribution in [3.05, 3.63) is 28.8 Å². The van der Waals surface area contributed by atoms with Gasteiger partial charge in [0.1, 0.15) is 5.75 Å². The minimum atomic E-state index is -0.420. The molecule has 3 heteroatoms. The second kappa shape index (κ2) is 6.76. The number of benzene rings is 1. The molecule has 0 spiro atoms. The summed E-state index contributed by atoms with van der Waals surface area (Å²) in [5, 5.41) is 9.73. The second-order valence-electron chi connectivity index (χ2n) is 4.84. The first kappa shape index (κ1) is 15.0. The third-order valence-corrected chi connectivity index (χ3v) is 3.76. The molecular weight excluding hydrogens is 226 g/mol. The van der Waals surface area contributed by atoms with E-state index in [0.29, 0.717) is 12.5 Å². The van der Waals surface area contributed by atoms with Crippen LogP contribution in [0.15, 0.2) is 12.1 Å². The van der Waals surface area contributed by atoms with Crippen LogP contribution in [0.4, 0.5) is 0 Å². The highest BCUT2D eigenvalue weighted by molar-refractivity contribution is 5.45. The molecular formula is C15H25NO2. The van der Waals surface area contributed by atoms with Gasteiger partial charge in [0.2, 0.25) is 0 Å². The molecule has 0 aliphatic rings. The summed E-state index contributed by atoms with van der Waals surface area (Å²) in [6, 6.07) is 4.12. The van der Waals surface area contributed by atoms with Gasteiger partial charge in [-0.2, -0.15) is 0 Å². The summed E-state index contributed by atoms with van der Waals surface area (Å²) in [5.74, 6) is 1.28. The first-order valence-corrected chi connectivity index (χ1v) is 6.57. The number of hydrogen-bond donors (Lipinski definition) is 2. The zero-order valence-corrected chi connectivity index (χ0v) is 11.9. The first-order chi connectivity index (χ1) is 8.54. The third kappa shape index (κ3) is 3.24. The van der Waals surface area contributed by atoms with Gasteiger partial charge in [0.05, 0.1) is 13.2 Å². The van der Waals surface area contributed by atoms with Crippen molar-refractivity contribution in [1.29, 1.82) is 0 Å². The second-order valence-corrected chi connectivity index (χ2v) is 4.84. The van der Waals surface area contributed by atoms with E-state index in [9.17, 15) is 5.11 Å². The van der Waals surface area contributed by atoms with Gasteiger partial charge in [0.25, 0.3) is 0 Å². The molecule has 3 N–H and O–H groups in total. The molecule has 18 heavy (non-hydrogen) atoms. The predicted molar refractivity (Wildman–Crippen MR) is 75.2 cm³/mol. The fraction of sp³-hybridized carbons (Fsp3) is 0.600. The van der Waals surface area contributed by atoms with Crippen molar-refractivity contribution < 1.29 is 9.84 Å². The molecule has 0 bridgehead atoms. The van der Waals surface area contributed by atoms with Gasteiger partial charge >= 0.3 is 0 Å². The molecule has 0 aliphatic heterocycles. The van der Waals surface area contributed by atoms with Crippen LogP contribution in [0.1, 0.15) is 42.4 Å². The largest absolute Gasteiger partial charge is 0.496 e. The number of ether oxygens (including phenoxy) is 1. The standard InChI is InChI=1S/C15H25NO2/c1-5-12(8-13(17)9-16)14-6-7-15(18-4)11(3)10(14)2/h6-7,12-13,17H,5,8-9,16H2,1-4H3. The molecule has 0 aromatic heterocycles. The van der Waals surface area contributed by atoms with Crippen LogP contribution in [0.2, 0.25) is 0 Å². The molecule has 2 atom stereocenters. The summed E-state index contributed by atoms with van der Waals surface area (Å²) in [5.41, 5.74) is 9.22. The molecule has 0 amide bonds. The molecule has 0 aliphatic carbocycles. The Morgan fingerprint density at radius 1 is 1.28 bits per heavy atom. The lowest BCUT2D eigenvalue weighted by Crippen LogP contribution is -2.22. The maximum Gasteiger partial charge on any atom is 0.122 e. The van der Waals surface area contributed by atoms with Gasteiger partial charge in [-0.1, -0.05) is 13.0 Å². The quantitative estimate of drug-likeness (QED) is 0.817. The average Bonchev–Trinajstić information content (AvgIpc) is 2.39. The van der Waals surface area contributed by atoms with Crippen molar-refractivity contribution >= 4 is 0 Å². The lowest BCUT2D eigenvalue weighted by atomic mass is 9.86. The Hall–Kier alpha value is -1.06. The van der Waals surface area contributed by atoms with Crippen LogP contribution in [-0.4, -0.2) is 24.9 Å². The van der Waals surface area contributed by atoms with Crippen LogP contribution >= 0.6 is 0 Å². The van der Waals surface area contributed by atoms with E-state index in [1.54, 1.807) is 7.11 Å². The average molecular weight is 251 g/mol. The number of hydrogen-bond acceptors (Lipinski definition) is 3. The van der Waals surface area contributed by atoms with Crippen molar-refractivity contribution in [2.24, 2.45) is 5.73 Å². The monoisotopic (exact) mass is 251 g/mol. The van der Waals surface area contributed by atoms with Crippen LogP contribution in [0.3, 0.4) is 0 Å². The molecule has 3 nitrogen and oxygen atoms in total. The fourth-order valence-corrected chi connectivity index (χ4v) is 2.42. The Morgan fingerprint density at radius 3 is 2.44 bits per heavy atom. The molecule has 1 aromatic carbocycles. The number of aliphatic hydroxyl groups excluding tert-OH is 1. The summed E-state index contributed by atoms with van der Waals surface area (Å²) in [7, 11) is 1.69. The van der Waals surface area contributed by atoms with Gasteiger partial charge in [-0.3, -0.25) is 0 Å². The molecule has 2 unspecified atom stereocenters. The van der Waals surface area contributed by atoms with Crippen molar-refractivity contribution in [3.8, 4) is 5.75 Å². The van der Waals surface area contributed by atoms with Crippen molar-refractivity contribution in [2.45, 2.75) is 45.6 Å². The molecule has 1 rings (SSSR count). The van der Waals surface area contributed by atoms with Gasteiger partial charge < -0.3 is 15.6 Å². The first-order valence-electron chi connectivity index (χ1n) is 6.57. The van der Waals surface area contributed by atoms with E-state index in [-0.39, 0.29) is 0 Å². The number of rotatable bonds is 6. The smallest absolute Gasteiger partial charge is 0.122 e. The number of methoxy groups -OCH3 is 1. The SMILES string of the molecule is CCC(CC(O)CN)c1ccc(OC)c(C)c1C. The Balaban J connectivity index is 3.03. The highest BCUT2D eigenvalue weighted by atomic mass is 16.5. The van der Waals surface area contributed by atoms with E-state index < -0.39 is 6.10 Å². The van der Waals surface area contributed by atoms with E-state index in [1.807, 2.05) is 6.07 Å². The van der Waals surface area contributed by atoms with Gasteiger partial charge in [-0.25, -0.2) is 0 Å². The summed E-state index contributed by atoms with van der Waals surface area (Å²) in [6.07, 6.45) is 1.31. The van der Waals surface area contributed by atoms with Gasteiger partial charge in [0, 0.05) is 6.54 Å². The lowest BCUT2D eigenvalue weighted by Gasteiger charge is -2.22. The van der Waals surface area contributed by atoms with E-state index >= 15 is 0 Å². The fourth-order valence-electron chi connectivity index (χ4n) is 2.42. The summed E-state index contributed by atoms with van der Waals surface area (Å²) in [4.78, 5) is 0. The number of nitrogens with two attached hydrogens (primary N) is 1. The Kier molecular flexibility index (Phi) is 5.63. The molecule has 0 saturated carbocycles. The molecule has 0 saturated heterocycles. The predicted octanol–water partition coefficient (Wildman–Crippen LogP) is 2.52. The molecule has 1 aromatic rings. The van der Waals surface area contributed by atoms with Crippen molar-refractivity contribution in [3.63, 3.8) is 0 Å². The highest BCUT2D eigenvalue weighted by Gasteiger charge is 2.17. The zero-order valence-electron chi connectivity index (χ0n) is 11.9. The summed E-state index contributed by atoms with van der Waals surface area (Å²) < 4.78 is 5.33. The molecule has 0 fully saturated rings. The van der Waals surface area contributed by atoms with E-state index in [0.717, 1.165) is 18.6 Å². The molecule has 102 valence electrons. The molecule has 0 heterocycles. The van der Waals surface area contributed by atoms with E-state index in [4.69, 9.17) is 10.5 Å². The minimum Gasteiger partial charge on any atom is -0.496 e. The van der Waals surface area contributed by atoms with Crippen molar-refractivity contribution in [2.75, 3.05) is 13.7 Å². The summed E-state index contributed by atoms with van der Waals surface area (Å²) >= 11 is 0. The van der Waals surface area contributed by atoms with Gasteiger partial charge in [-0.05, 0) is 55.4 Å². The van der Waals surface area contributed by atoms with E-state index in [1.165, 1.54) is 16.7 Å². The van der Waals surface area contributed by atoms with Crippen LogP contribution in [0.25, 0.3) is 0 Å². The van der Waals surface area contributed by atoms with Crippen LogP contribution in [0.5, 0.6) is 5.75 Å². The third-order valence-electron chi connectivity index (χ3n) is 3.76. The molecule has 0 radical (unpaired) electrons. The Bertz CT molecular complexity index is 390. The highest BCUT2D eigenvalue weighted by Crippen LogP contribution is 2.32. The normalized spacial score (nSPS) is 14.3. The van der Waals surface area contributed by atoms with Gasteiger partial charge in [0.15, 0.2) is 0 Å². The topological polar surface area (TPSA) is 55.5 Å². The van der Waals surface area contributed by atoms with Gasteiger partial charge in [-0.15, -0.1) is 0 Å².